The van der Waals surface area contributed by atoms with E-state index in [1.165, 1.54) is 22.2 Å². The lowest BCUT2D eigenvalue weighted by molar-refractivity contribution is -0.133. The van der Waals surface area contributed by atoms with Crippen molar-refractivity contribution in [1.29, 1.82) is 0 Å². The first-order chi connectivity index (χ1) is 10.2. The Kier molecular flexibility index (Phi) is 4.30. The summed E-state index contributed by atoms with van der Waals surface area (Å²) in [5.74, 6) is 0.129. The maximum absolute atomic E-state index is 10.8. The lowest BCUT2D eigenvalue weighted by Gasteiger charge is -2.26. The number of hydrogen-bond acceptors (Lipinski definition) is 5. The molecule has 1 aliphatic rings. The largest absolute Gasteiger partial charge is 0.481 e. The van der Waals surface area contributed by atoms with E-state index in [0.29, 0.717) is 0 Å². The lowest BCUT2D eigenvalue weighted by atomic mass is 9.94. The lowest BCUT2D eigenvalue weighted by Crippen LogP contribution is -2.19. The van der Waals surface area contributed by atoms with Gasteiger partial charge in [-0.25, -0.2) is 0 Å². The Morgan fingerprint density at radius 3 is 3.19 bits per heavy atom. The number of nitrogens with zero attached hydrogens (tertiary/aromatic N) is 3. The minimum Gasteiger partial charge on any atom is -0.481 e. The summed E-state index contributed by atoms with van der Waals surface area (Å²) in [4.78, 5) is 12.3. The van der Waals surface area contributed by atoms with Crippen molar-refractivity contribution in [2.45, 2.75) is 43.8 Å². The van der Waals surface area contributed by atoms with Gasteiger partial charge in [0, 0.05) is 11.3 Å². The molecule has 0 radical (unpaired) electrons. The third kappa shape index (κ3) is 2.85. The summed E-state index contributed by atoms with van der Waals surface area (Å²) >= 11 is 3.06. The Morgan fingerprint density at radius 1 is 1.57 bits per heavy atom. The topological polar surface area (TPSA) is 68.0 Å². The molecule has 0 amide bonds. The van der Waals surface area contributed by atoms with Crippen LogP contribution in [-0.4, -0.2) is 31.6 Å². The van der Waals surface area contributed by atoms with Gasteiger partial charge in [0.1, 0.15) is 5.82 Å². The number of carbonyl (C=O) groups is 1. The zero-order valence-corrected chi connectivity index (χ0v) is 13.4. The fraction of sp³-hybridized carbons (Fsp3) is 0.500. The van der Waals surface area contributed by atoms with Gasteiger partial charge in [0.15, 0.2) is 5.16 Å². The van der Waals surface area contributed by atoms with Gasteiger partial charge < -0.3 is 5.11 Å². The number of fused-ring (bicyclic) bond motifs is 1. The van der Waals surface area contributed by atoms with Crippen LogP contribution >= 0.6 is 23.1 Å². The molecule has 0 bridgehead atoms. The van der Waals surface area contributed by atoms with Gasteiger partial charge in [-0.3, -0.25) is 9.36 Å². The van der Waals surface area contributed by atoms with Crippen LogP contribution in [0.5, 0.6) is 0 Å². The van der Waals surface area contributed by atoms with Crippen molar-refractivity contribution in [2.75, 3.05) is 5.75 Å². The van der Waals surface area contributed by atoms with Crippen LogP contribution in [0.15, 0.2) is 16.6 Å². The normalized spacial score (nSPS) is 17.7. The Hall–Kier alpha value is -1.34. The molecule has 1 atom stereocenters. The highest BCUT2D eigenvalue weighted by molar-refractivity contribution is 7.99. The summed E-state index contributed by atoms with van der Waals surface area (Å²) in [5.41, 5.74) is 1.36. The molecule has 3 rings (SSSR count). The molecular weight excluding hydrogens is 306 g/mol. The Balaban J connectivity index is 1.98. The van der Waals surface area contributed by atoms with Gasteiger partial charge in [-0.05, 0) is 36.3 Å². The van der Waals surface area contributed by atoms with Crippen molar-refractivity contribution in [3.63, 3.8) is 0 Å². The number of aryl methyl sites for hydroxylation is 2. The second-order valence-electron chi connectivity index (χ2n) is 5.01. The number of thioether (sulfide) groups is 1. The molecule has 0 aromatic carbocycles. The van der Waals surface area contributed by atoms with E-state index in [4.69, 9.17) is 5.11 Å². The second-order valence-corrected chi connectivity index (χ2v) is 6.96. The van der Waals surface area contributed by atoms with Crippen LogP contribution in [0.3, 0.4) is 0 Å². The summed E-state index contributed by atoms with van der Waals surface area (Å²) in [5, 5.41) is 20.2. The third-order valence-electron chi connectivity index (χ3n) is 3.71. The van der Waals surface area contributed by atoms with Crippen LogP contribution in [-0.2, 0) is 17.6 Å². The van der Waals surface area contributed by atoms with Crippen molar-refractivity contribution in [3.05, 3.63) is 27.7 Å². The van der Waals surface area contributed by atoms with E-state index >= 15 is 0 Å². The molecule has 112 valence electrons. The number of aliphatic carboxylic acids is 1. The van der Waals surface area contributed by atoms with Gasteiger partial charge in [-0.2, -0.15) is 0 Å². The van der Waals surface area contributed by atoms with E-state index in [0.717, 1.165) is 36.7 Å². The molecule has 0 saturated heterocycles. The zero-order valence-electron chi connectivity index (χ0n) is 11.8. The minimum absolute atomic E-state index is 0.0189. The molecule has 21 heavy (non-hydrogen) atoms. The number of hydrogen-bond donors (Lipinski definition) is 1. The zero-order chi connectivity index (χ0) is 14.8. The first-order valence-electron chi connectivity index (χ1n) is 7.05. The fourth-order valence-electron chi connectivity index (χ4n) is 2.82. The average Bonchev–Trinajstić information content (AvgIpc) is 3.10. The molecule has 0 saturated carbocycles. The SMILES string of the molecule is CCc1nnc(SCC(=O)O)n1C1CCCc2sccc21. The van der Waals surface area contributed by atoms with Crippen LogP contribution in [0.1, 0.15) is 42.1 Å². The highest BCUT2D eigenvalue weighted by Gasteiger charge is 2.27. The standard InChI is InChI=1S/C14H17N3O2S2/c1-2-12-15-16-14(21-8-13(18)19)17(12)10-4-3-5-11-9(10)6-7-20-11/h6-7,10H,2-5,8H2,1H3,(H,18,19). The maximum Gasteiger partial charge on any atom is 0.313 e. The molecule has 0 fully saturated rings. The van der Waals surface area contributed by atoms with Gasteiger partial charge in [0.2, 0.25) is 0 Å². The molecule has 2 aromatic heterocycles. The average molecular weight is 323 g/mol. The van der Waals surface area contributed by atoms with Gasteiger partial charge in [-0.15, -0.1) is 21.5 Å². The van der Waals surface area contributed by atoms with Crippen LogP contribution in [0.25, 0.3) is 0 Å². The van der Waals surface area contributed by atoms with Crippen molar-refractivity contribution in [2.24, 2.45) is 0 Å². The molecular formula is C14H17N3O2S2. The summed E-state index contributed by atoms with van der Waals surface area (Å²) in [7, 11) is 0. The van der Waals surface area contributed by atoms with Crippen molar-refractivity contribution in [3.8, 4) is 0 Å². The van der Waals surface area contributed by atoms with Crippen LogP contribution in [0.2, 0.25) is 0 Å². The van der Waals surface area contributed by atoms with Gasteiger partial charge in [-0.1, -0.05) is 18.7 Å². The van der Waals surface area contributed by atoms with Crippen molar-refractivity contribution in [1.82, 2.24) is 14.8 Å². The van der Waals surface area contributed by atoms with E-state index in [1.54, 1.807) is 0 Å². The molecule has 2 aromatic rings. The molecule has 1 N–H and O–H groups in total. The van der Waals surface area contributed by atoms with E-state index < -0.39 is 5.97 Å². The van der Waals surface area contributed by atoms with Crippen molar-refractivity contribution >= 4 is 29.1 Å². The summed E-state index contributed by atoms with van der Waals surface area (Å²) < 4.78 is 2.15. The van der Waals surface area contributed by atoms with Gasteiger partial charge in [0.25, 0.3) is 0 Å². The quantitative estimate of drug-likeness (QED) is 0.857. The predicted molar refractivity (Wildman–Crippen MR) is 83.2 cm³/mol. The van der Waals surface area contributed by atoms with E-state index in [1.807, 2.05) is 11.3 Å². The molecule has 2 heterocycles. The Labute approximate surface area is 131 Å². The second kappa shape index (κ2) is 6.19. The molecule has 1 unspecified atom stereocenters. The fourth-order valence-corrected chi connectivity index (χ4v) is 4.52. The van der Waals surface area contributed by atoms with E-state index in [2.05, 4.69) is 33.1 Å². The highest BCUT2D eigenvalue weighted by Crippen LogP contribution is 2.38. The first-order valence-corrected chi connectivity index (χ1v) is 8.91. The predicted octanol–water partition coefficient (Wildman–Crippen LogP) is 3.00. The van der Waals surface area contributed by atoms with E-state index in [9.17, 15) is 4.79 Å². The molecule has 0 aliphatic heterocycles. The minimum atomic E-state index is -0.826. The summed E-state index contributed by atoms with van der Waals surface area (Å²) in [6.45, 7) is 2.06. The van der Waals surface area contributed by atoms with Crippen molar-refractivity contribution < 1.29 is 9.90 Å². The molecule has 5 nitrogen and oxygen atoms in total. The smallest absolute Gasteiger partial charge is 0.313 e. The molecule has 7 heteroatoms. The number of aromatic nitrogens is 3. The van der Waals surface area contributed by atoms with Crippen LogP contribution < -0.4 is 0 Å². The first kappa shape index (κ1) is 14.6. The number of carboxylic acids is 1. The maximum atomic E-state index is 10.8. The third-order valence-corrected chi connectivity index (χ3v) is 5.63. The van der Waals surface area contributed by atoms with Gasteiger partial charge >= 0.3 is 5.97 Å². The molecule has 0 spiro atoms. The van der Waals surface area contributed by atoms with Crippen LogP contribution in [0.4, 0.5) is 0 Å². The number of carboxylic acid groups (broad SMARTS) is 1. The number of thiophene rings is 1. The molecule has 1 aliphatic carbocycles. The summed E-state index contributed by atoms with van der Waals surface area (Å²) in [6, 6.07) is 2.44. The Bertz CT molecular complexity index is 650. The Morgan fingerprint density at radius 2 is 2.43 bits per heavy atom. The summed E-state index contributed by atoms with van der Waals surface area (Å²) in [6.07, 6.45) is 4.17. The monoisotopic (exact) mass is 323 g/mol. The number of rotatable bonds is 5. The highest BCUT2D eigenvalue weighted by atomic mass is 32.2. The van der Waals surface area contributed by atoms with Gasteiger partial charge in [0.05, 0.1) is 11.8 Å². The van der Waals surface area contributed by atoms with Crippen LogP contribution in [0, 0.1) is 0 Å². The van der Waals surface area contributed by atoms with E-state index in [-0.39, 0.29) is 11.8 Å².